The van der Waals surface area contributed by atoms with Gasteiger partial charge in [-0.3, -0.25) is 4.79 Å². The minimum Gasteiger partial charge on any atom is -0.481 e. The van der Waals surface area contributed by atoms with Crippen LogP contribution in [-0.4, -0.2) is 19.1 Å². The molecule has 0 spiro atoms. The molecule has 0 fully saturated rings. The first-order valence-corrected chi connectivity index (χ1v) is 7.55. The first-order chi connectivity index (χ1) is 10.6. The van der Waals surface area contributed by atoms with Gasteiger partial charge in [-0.1, -0.05) is 33.8 Å². The lowest BCUT2D eigenvalue weighted by molar-refractivity contribution is 0.0957. The quantitative estimate of drug-likeness (QED) is 0.848. The number of benzene rings is 1. The van der Waals surface area contributed by atoms with Crippen LogP contribution in [0.2, 0.25) is 0 Å². The average Bonchev–Trinajstić information content (AvgIpc) is 2.81. The fraction of sp³-hybridized carbons (Fsp3) is 0.235. The van der Waals surface area contributed by atoms with Crippen molar-refractivity contribution < 1.29 is 13.9 Å². The van der Waals surface area contributed by atoms with Crippen LogP contribution in [0.4, 0.5) is 0 Å². The Bertz CT molecular complexity index is 725. The minimum absolute atomic E-state index is 0.184. The molecule has 0 aliphatic carbocycles. The summed E-state index contributed by atoms with van der Waals surface area (Å²) in [4.78, 5) is 11.9. The summed E-state index contributed by atoms with van der Waals surface area (Å²) in [7, 11) is 0. The van der Waals surface area contributed by atoms with Gasteiger partial charge in [-0.15, -0.1) is 0 Å². The Morgan fingerprint density at radius 3 is 2.82 bits per heavy atom. The van der Waals surface area contributed by atoms with Gasteiger partial charge in [0.2, 0.25) is 0 Å². The highest BCUT2D eigenvalue weighted by molar-refractivity contribution is 9.10. The number of amides is 1. The van der Waals surface area contributed by atoms with Crippen LogP contribution in [0.1, 0.15) is 21.9 Å². The van der Waals surface area contributed by atoms with Crippen molar-refractivity contribution in [2.75, 3.05) is 13.2 Å². The van der Waals surface area contributed by atoms with E-state index in [2.05, 4.69) is 33.1 Å². The zero-order valence-electron chi connectivity index (χ0n) is 12.4. The van der Waals surface area contributed by atoms with Gasteiger partial charge in [0, 0.05) is 4.47 Å². The van der Waals surface area contributed by atoms with E-state index in [1.54, 1.807) is 13.0 Å². The third kappa shape index (κ3) is 4.68. The maximum Gasteiger partial charge on any atom is 0.255 e. The van der Waals surface area contributed by atoms with Crippen molar-refractivity contribution in [3.8, 4) is 17.6 Å². The van der Waals surface area contributed by atoms with E-state index >= 15 is 0 Å². The number of hydrogen-bond acceptors (Lipinski definition) is 3. The van der Waals surface area contributed by atoms with E-state index in [9.17, 15) is 4.79 Å². The van der Waals surface area contributed by atoms with Crippen LogP contribution in [0.3, 0.4) is 0 Å². The molecule has 1 aromatic heterocycles. The Labute approximate surface area is 138 Å². The smallest absolute Gasteiger partial charge is 0.255 e. The van der Waals surface area contributed by atoms with E-state index in [4.69, 9.17) is 9.15 Å². The summed E-state index contributed by atoms with van der Waals surface area (Å²) in [5.41, 5.74) is 0.546. The molecule has 0 bridgehead atoms. The van der Waals surface area contributed by atoms with Crippen molar-refractivity contribution >= 4 is 21.8 Å². The molecule has 0 unspecified atom stereocenters. The molecule has 114 valence electrons. The monoisotopic (exact) mass is 361 g/mol. The third-order valence-corrected chi connectivity index (χ3v) is 3.35. The fourth-order valence-electron chi connectivity index (χ4n) is 1.87. The summed E-state index contributed by atoms with van der Waals surface area (Å²) in [6, 6.07) is 9.26. The summed E-state index contributed by atoms with van der Waals surface area (Å²) in [5, 5.41) is 2.73. The van der Waals surface area contributed by atoms with Gasteiger partial charge in [0.05, 0.1) is 12.1 Å². The Kier molecular flexibility index (Phi) is 5.68. The van der Waals surface area contributed by atoms with Gasteiger partial charge in [0.15, 0.2) is 0 Å². The number of ether oxygens (including phenoxy) is 1. The van der Waals surface area contributed by atoms with E-state index in [1.165, 1.54) is 0 Å². The summed E-state index contributed by atoms with van der Waals surface area (Å²) < 4.78 is 11.7. The second-order valence-corrected chi connectivity index (χ2v) is 5.52. The maximum absolute atomic E-state index is 11.9. The lowest BCUT2D eigenvalue weighted by atomic mass is 10.2. The van der Waals surface area contributed by atoms with Crippen molar-refractivity contribution in [3.05, 3.63) is 51.9 Å². The number of hydrogen-bond donors (Lipinski definition) is 1. The molecule has 0 aliphatic rings. The van der Waals surface area contributed by atoms with Crippen molar-refractivity contribution in [1.82, 2.24) is 5.32 Å². The zero-order chi connectivity index (χ0) is 15.9. The van der Waals surface area contributed by atoms with Crippen LogP contribution in [0.15, 0.2) is 39.2 Å². The van der Waals surface area contributed by atoms with Crippen molar-refractivity contribution in [3.63, 3.8) is 0 Å². The van der Waals surface area contributed by atoms with Gasteiger partial charge < -0.3 is 14.5 Å². The Morgan fingerprint density at radius 2 is 2.14 bits per heavy atom. The molecule has 0 saturated carbocycles. The van der Waals surface area contributed by atoms with Gasteiger partial charge in [-0.25, -0.2) is 0 Å². The molecule has 4 nitrogen and oxygen atoms in total. The molecule has 0 radical (unpaired) electrons. The van der Waals surface area contributed by atoms with Crippen molar-refractivity contribution in [2.24, 2.45) is 0 Å². The van der Waals surface area contributed by atoms with Gasteiger partial charge in [-0.2, -0.15) is 0 Å². The number of rotatable bonds is 4. The van der Waals surface area contributed by atoms with Crippen LogP contribution in [0.25, 0.3) is 0 Å². The Balaban J connectivity index is 1.75. The van der Waals surface area contributed by atoms with E-state index in [0.717, 1.165) is 16.0 Å². The third-order valence-electron chi connectivity index (χ3n) is 2.86. The molecule has 0 atom stereocenters. The first kappa shape index (κ1) is 16.2. The number of furan rings is 1. The molecule has 2 aromatic rings. The van der Waals surface area contributed by atoms with Gasteiger partial charge in [0.25, 0.3) is 5.91 Å². The van der Waals surface area contributed by atoms with Crippen LogP contribution >= 0.6 is 15.9 Å². The summed E-state index contributed by atoms with van der Waals surface area (Å²) in [5.74, 6) is 7.60. The van der Waals surface area contributed by atoms with Gasteiger partial charge in [-0.05, 0) is 38.1 Å². The Hall–Kier alpha value is -2.19. The molecule has 1 N–H and O–H groups in total. The molecule has 0 saturated heterocycles. The normalized spacial score (nSPS) is 9.77. The number of carbonyl (C=O) groups is 1. The molecular formula is C17H16BrNO3. The molecule has 22 heavy (non-hydrogen) atoms. The topological polar surface area (TPSA) is 51.5 Å². The highest BCUT2D eigenvalue weighted by atomic mass is 79.9. The summed E-state index contributed by atoms with van der Waals surface area (Å²) in [6.07, 6.45) is 0. The van der Waals surface area contributed by atoms with E-state index in [0.29, 0.717) is 11.3 Å². The highest BCUT2D eigenvalue weighted by Crippen LogP contribution is 2.17. The average molecular weight is 362 g/mol. The van der Waals surface area contributed by atoms with Crippen molar-refractivity contribution in [1.29, 1.82) is 0 Å². The second-order valence-electron chi connectivity index (χ2n) is 4.61. The molecule has 1 aromatic carbocycles. The number of carbonyl (C=O) groups excluding carboxylic acids is 1. The van der Waals surface area contributed by atoms with Crippen LogP contribution in [0.5, 0.6) is 5.75 Å². The molecule has 0 aliphatic heterocycles. The largest absolute Gasteiger partial charge is 0.481 e. The Morgan fingerprint density at radius 1 is 1.32 bits per heavy atom. The van der Waals surface area contributed by atoms with Gasteiger partial charge in [0.1, 0.15) is 23.9 Å². The molecule has 5 heteroatoms. The molecule has 1 amide bonds. The predicted molar refractivity (Wildman–Crippen MR) is 87.9 cm³/mol. The molecule has 2 rings (SSSR count). The summed E-state index contributed by atoms with van der Waals surface area (Å²) in [6.45, 7) is 4.11. The second kappa shape index (κ2) is 7.71. The van der Waals surface area contributed by atoms with Gasteiger partial charge >= 0.3 is 0 Å². The predicted octanol–water partition coefficient (Wildman–Crippen LogP) is 3.47. The lowest BCUT2D eigenvalue weighted by Gasteiger charge is -2.01. The van der Waals surface area contributed by atoms with E-state index in [1.807, 2.05) is 31.2 Å². The summed E-state index contributed by atoms with van der Waals surface area (Å²) >= 11 is 3.37. The molecular weight excluding hydrogens is 346 g/mol. The van der Waals surface area contributed by atoms with Crippen molar-refractivity contribution in [2.45, 2.75) is 13.8 Å². The highest BCUT2D eigenvalue weighted by Gasteiger charge is 2.11. The lowest BCUT2D eigenvalue weighted by Crippen LogP contribution is -2.23. The zero-order valence-corrected chi connectivity index (χ0v) is 14.0. The minimum atomic E-state index is -0.184. The number of aryl methyl sites for hydroxylation is 2. The fourth-order valence-corrected chi connectivity index (χ4v) is 2.24. The van der Waals surface area contributed by atoms with E-state index in [-0.39, 0.29) is 19.1 Å². The number of nitrogens with one attached hydrogen (secondary N) is 1. The first-order valence-electron chi connectivity index (χ1n) is 6.75. The number of halogens is 1. The standard InChI is InChI=1S/C17H16BrNO3/c1-12-10-16(13(2)22-12)17(20)19-8-3-4-9-21-15-7-5-6-14(18)11-15/h5-7,10-11H,8-9H2,1-2H3,(H,19,20). The van der Waals surface area contributed by atoms with Crippen LogP contribution in [0, 0.1) is 25.7 Å². The van der Waals surface area contributed by atoms with Crippen LogP contribution < -0.4 is 10.1 Å². The SMILES string of the molecule is Cc1cc(C(=O)NCC#CCOc2cccc(Br)c2)c(C)o1. The van der Waals surface area contributed by atoms with Crippen LogP contribution in [-0.2, 0) is 0 Å². The maximum atomic E-state index is 11.9. The van der Waals surface area contributed by atoms with E-state index < -0.39 is 0 Å². The molecule has 1 heterocycles.